The van der Waals surface area contributed by atoms with Gasteiger partial charge in [-0.2, -0.15) is 0 Å². The van der Waals surface area contributed by atoms with E-state index in [1.165, 1.54) is 0 Å². The average molecular weight is 853 g/mol. The maximum atomic E-state index is 13.6. The monoisotopic (exact) mass is 852 g/mol. The SMILES string of the molecule is O=COCN1CCN(CC(=O)O)CCN(CC(=O)O)CCN(CC(=O)N[C@@H](Cc2ccccc2)C(=O)NCCCC[C@H](NC(=O)N[C@@H](CCC(=O)O)C(=O)O)OC=O)CC1. The van der Waals surface area contributed by atoms with Crippen LogP contribution in [0, 0.1) is 0 Å². The maximum Gasteiger partial charge on any atom is 0.326 e. The number of carboxylic acid groups (broad SMARTS) is 4. The minimum Gasteiger partial charge on any atom is -0.481 e. The summed E-state index contributed by atoms with van der Waals surface area (Å²) in [6, 6.07) is 5.48. The zero-order chi connectivity index (χ0) is 44.3. The van der Waals surface area contributed by atoms with Gasteiger partial charge in [0.15, 0.2) is 6.23 Å². The highest BCUT2D eigenvalue weighted by Gasteiger charge is 2.26. The fourth-order valence-electron chi connectivity index (χ4n) is 6.10. The summed E-state index contributed by atoms with van der Waals surface area (Å²) in [6.45, 7) is 1.88. The molecule has 0 aromatic heterocycles. The summed E-state index contributed by atoms with van der Waals surface area (Å²) >= 11 is 0. The van der Waals surface area contributed by atoms with Gasteiger partial charge in [0.1, 0.15) is 18.8 Å². The fourth-order valence-corrected chi connectivity index (χ4v) is 6.10. The molecule has 3 atom stereocenters. The van der Waals surface area contributed by atoms with Crippen molar-refractivity contribution in [3.05, 3.63) is 35.9 Å². The summed E-state index contributed by atoms with van der Waals surface area (Å²) in [5.74, 6) is -5.78. The molecule has 8 N–H and O–H groups in total. The highest BCUT2D eigenvalue weighted by atomic mass is 16.5. The number of rotatable bonds is 26. The number of unbranched alkanes of at least 4 members (excludes halogenated alkanes) is 1. The molecule has 4 amide bonds. The zero-order valence-electron chi connectivity index (χ0n) is 33.3. The molecule has 0 aliphatic carbocycles. The van der Waals surface area contributed by atoms with Crippen LogP contribution in [0.4, 0.5) is 4.79 Å². The van der Waals surface area contributed by atoms with Crippen LogP contribution in [0.1, 0.15) is 37.7 Å². The minimum absolute atomic E-state index is 0.0745. The molecule has 1 aliphatic heterocycles. The van der Waals surface area contributed by atoms with Crippen LogP contribution < -0.4 is 21.3 Å². The first-order chi connectivity index (χ1) is 28.7. The Kier molecular flexibility index (Phi) is 23.9. The summed E-state index contributed by atoms with van der Waals surface area (Å²) in [4.78, 5) is 114. The van der Waals surface area contributed by atoms with E-state index in [1.54, 1.807) is 49.9 Å². The van der Waals surface area contributed by atoms with Gasteiger partial charge < -0.3 is 51.2 Å². The van der Waals surface area contributed by atoms with Crippen LogP contribution in [0.3, 0.4) is 0 Å². The molecule has 1 aliphatic rings. The largest absolute Gasteiger partial charge is 0.481 e. The van der Waals surface area contributed by atoms with Crippen LogP contribution in [0.15, 0.2) is 30.3 Å². The average Bonchev–Trinajstić information content (AvgIpc) is 3.18. The van der Waals surface area contributed by atoms with E-state index < -0.39 is 66.5 Å². The highest BCUT2D eigenvalue weighted by molar-refractivity contribution is 5.88. The number of hydrogen-bond acceptors (Lipinski definition) is 15. The van der Waals surface area contributed by atoms with Crippen molar-refractivity contribution in [3.8, 4) is 0 Å². The second-order valence-electron chi connectivity index (χ2n) is 13.9. The van der Waals surface area contributed by atoms with Gasteiger partial charge in [0.25, 0.3) is 12.9 Å². The van der Waals surface area contributed by atoms with Crippen LogP contribution >= 0.6 is 0 Å². The normalized spacial score (nSPS) is 16.3. The molecule has 334 valence electrons. The zero-order valence-corrected chi connectivity index (χ0v) is 33.3. The van der Waals surface area contributed by atoms with E-state index in [1.807, 2.05) is 0 Å². The molecule has 23 nitrogen and oxygen atoms in total. The Morgan fingerprint density at radius 1 is 0.650 bits per heavy atom. The lowest BCUT2D eigenvalue weighted by atomic mass is 10.0. The van der Waals surface area contributed by atoms with Crippen LogP contribution in [0.5, 0.6) is 0 Å². The second kappa shape index (κ2) is 28.5. The van der Waals surface area contributed by atoms with Crippen LogP contribution in [-0.4, -0.2) is 198 Å². The molecule has 1 aromatic rings. The molecular weight excluding hydrogens is 796 g/mol. The Morgan fingerprint density at radius 3 is 1.73 bits per heavy atom. The van der Waals surface area contributed by atoms with Crippen molar-refractivity contribution < 1.29 is 73.1 Å². The lowest BCUT2D eigenvalue weighted by Crippen LogP contribution is -2.52. The molecule has 1 saturated heterocycles. The molecule has 0 spiro atoms. The Bertz CT molecular complexity index is 1560. The number of benzene rings is 1. The van der Waals surface area contributed by atoms with Crippen molar-refractivity contribution >= 4 is 54.7 Å². The summed E-state index contributed by atoms with van der Waals surface area (Å²) in [6.07, 6.45) is -1.14. The topological polar surface area (TPSA) is 314 Å². The van der Waals surface area contributed by atoms with E-state index in [2.05, 4.69) is 21.3 Å². The van der Waals surface area contributed by atoms with E-state index in [4.69, 9.17) is 14.6 Å². The number of carbonyl (C=O) groups excluding carboxylic acids is 5. The van der Waals surface area contributed by atoms with Crippen LogP contribution in [0.2, 0.25) is 0 Å². The Labute approximate surface area is 346 Å². The number of urea groups is 1. The molecular formula is C37H56N8O15. The summed E-state index contributed by atoms with van der Waals surface area (Å²) in [5, 5.41) is 47.1. The van der Waals surface area contributed by atoms with Gasteiger partial charge in [-0.1, -0.05) is 30.3 Å². The van der Waals surface area contributed by atoms with Crippen molar-refractivity contribution in [1.82, 2.24) is 40.9 Å². The van der Waals surface area contributed by atoms with Gasteiger partial charge in [-0.05, 0) is 24.8 Å². The van der Waals surface area contributed by atoms with Gasteiger partial charge in [-0.15, -0.1) is 0 Å². The van der Waals surface area contributed by atoms with Gasteiger partial charge in [0.05, 0.1) is 19.6 Å². The van der Waals surface area contributed by atoms with E-state index in [0.29, 0.717) is 38.9 Å². The standard InChI is InChI=1S/C37H56N8O15/c46-25-59-24-45-18-16-42(12-13-43(22-33(51)52)14-15-44(17-19-45)23-34(53)54)21-30(48)39-29(20-27-6-2-1-3-7-27)35(55)38-11-5-4-8-31(60-26-47)41-37(58)40-28(36(56)57)9-10-32(49)50/h1-3,6-7,25-26,28-29,31H,4-5,8-24H2,(H,38,55)(H,39,48)(H,49,50)(H,51,52)(H,53,54)(H,56,57)(H2,40,41,58)/t28-,29-,31+/m0/s1. The Morgan fingerprint density at radius 2 is 1.22 bits per heavy atom. The lowest BCUT2D eigenvalue weighted by Gasteiger charge is -2.33. The highest BCUT2D eigenvalue weighted by Crippen LogP contribution is 2.07. The van der Waals surface area contributed by atoms with Gasteiger partial charge in [-0.3, -0.25) is 53.2 Å². The number of carboxylic acids is 4. The molecule has 0 saturated carbocycles. The number of nitrogens with one attached hydrogen (secondary N) is 4. The van der Waals surface area contributed by atoms with Gasteiger partial charge in [-0.25, -0.2) is 9.59 Å². The molecule has 0 bridgehead atoms. The van der Waals surface area contributed by atoms with Crippen molar-refractivity contribution in [2.24, 2.45) is 0 Å². The van der Waals surface area contributed by atoms with E-state index in [0.717, 1.165) is 5.56 Å². The quantitative estimate of drug-likeness (QED) is 0.0275. The van der Waals surface area contributed by atoms with E-state index >= 15 is 0 Å². The van der Waals surface area contributed by atoms with Crippen LogP contribution in [0.25, 0.3) is 0 Å². The van der Waals surface area contributed by atoms with Gasteiger partial charge in [0, 0.05) is 78.2 Å². The number of hydrogen-bond donors (Lipinski definition) is 8. The molecule has 1 aromatic carbocycles. The fraction of sp³-hybridized carbons (Fsp3) is 0.595. The van der Waals surface area contributed by atoms with Crippen molar-refractivity contribution in [2.45, 2.75) is 56.8 Å². The van der Waals surface area contributed by atoms with Gasteiger partial charge in [0.2, 0.25) is 11.8 Å². The lowest BCUT2D eigenvalue weighted by molar-refractivity contribution is -0.141. The molecule has 0 radical (unpaired) electrons. The third-order valence-electron chi connectivity index (χ3n) is 9.23. The van der Waals surface area contributed by atoms with Gasteiger partial charge >= 0.3 is 29.9 Å². The van der Waals surface area contributed by atoms with Crippen molar-refractivity contribution in [2.75, 3.05) is 85.3 Å². The Balaban J connectivity index is 2.07. The minimum atomic E-state index is -1.50. The maximum absolute atomic E-state index is 13.6. The molecule has 2 rings (SSSR count). The first kappa shape index (κ1) is 50.2. The first-order valence-corrected chi connectivity index (χ1v) is 19.3. The molecule has 0 unspecified atom stereocenters. The van der Waals surface area contributed by atoms with E-state index in [-0.39, 0.29) is 91.4 Å². The number of aliphatic carboxylic acids is 4. The summed E-state index contributed by atoms with van der Waals surface area (Å²) < 4.78 is 9.85. The predicted octanol–water partition coefficient (Wildman–Crippen LogP) is -2.36. The van der Waals surface area contributed by atoms with E-state index in [9.17, 15) is 58.5 Å². The third-order valence-corrected chi connectivity index (χ3v) is 9.23. The second-order valence-corrected chi connectivity index (χ2v) is 13.9. The molecule has 1 fully saturated rings. The first-order valence-electron chi connectivity index (χ1n) is 19.3. The number of nitrogens with zero attached hydrogens (tertiary/aromatic N) is 4. The summed E-state index contributed by atoms with van der Waals surface area (Å²) in [7, 11) is 0. The molecule has 23 heteroatoms. The smallest absolute Gasteiger partial charge is 0.326 e. The third kappa shape index (κ3) is 22.3. The van der Waals surface area contributed by atoms with Crippen LogP contribution in [-0.2, 0) is 54.3 Å². The predicted molar refractivity (Wildman–Crippen MR) is 208 cm³/mol. The van der Waals surface area contributed by atoms with Crippen molar-refractivity contribution in [3.63, 3.8) is 0 Å². The van der Waals surface area contributed by atoms with Crippen molar-refractivity contribution in [1.29, 1.82) is 0 Å². The molecule has 60 heavy (non-hydrogen) atoms. The number of ether oxygens (including phenoxy) is 2. The number of amides is 4. The Hall–Kier alpha value is -5.91. The number of carbonyl (C=O) groups is 9. The molecule has 1 heterocycles. The summed E-state index contributed by atoms with van der Waals surface area (Å²) in [5.41, 5.74) is 0.766.